The fraction of sp³-hybridized carbons (Fsp3) is 0.429. The maximum Gasteiger partial charge on any atom is 0.335 e. The van der Waals surface area contributed by atoms with Crippen LogP contribution in [-0.4, -0.2) is 40.6 Å². The Balaban J connectivity index is 2.20. The van der Waals surface area contributed by atoms with Gasteiger partial charge < -0.3 is 9.67 Å². The average molecular weight is 308 g/mol. The maximum atomic E-state index is 11.8. The van der Waals surface area contributed by atoms with Crippen molar-refractivity contribution in [2.45, 2.75) is 25.8 Å². The quantitative estimate of drug-likeness (QED) is 0.909. The molecule has 2 aromatic rings. The summed E-state index contributed by atoms with van der Waals surface area (Å²) in [5.74, 6) is -0.0334. The van der Waals surface area contributed by atoms with Gasteiger partial charge in [-0.1, -0.05) is 0 Å². The maximum absolute atomic E-state index is 11.8. The predicted octanol–water partition coefficient (Wildman–Crippen LogP) is 1.58. The number of sulfone groups is 1. The van der Waals surface area contributed by atoms with Gasteiger partial charge in [-0.2, -0.15) is 0 Å². The van der Waals surface area contributed by atoms with Crippen LogP contribution in [0.3, 0.4) is 0 Å². The van der Waals surface area contributed by atoms with Gasteiger partial charge in [0.1, 0.15) is 5.82 Å². The van der Waals surface area contributed by atoms with Gasteiger partial charge >= 0.3 is 5.97 Å². The molecule has 0 aliphatic carbocycles. The minimum Gasteiger partial charge on any atom is -0.478 e. The van der Waals surface area contributed by atoms with E-state index in [0.717, 1.165) is 5.52 Å². The lowest BCUT2D eigenvalue weighted by Crippen LogP contribution is -2.32. The first-order chi connectivity index (χ1) is 9.72. The molecule has 1 fully saturated rings. The SMILES string of the molecule is Cc1nc2cc(C(=O)O)ccc2n1C1(C)CCS(=O)(=O)C1. The molecule has 1 aromatic heterocycles. The van der Waals surface area contributed by atoms with E-state index >= 15 is 0 Å². The first-order valence-electron chi connectivity index (χ1n) is 6.65. The largest absolute Gasteiger partial charge is 0.478 e. The number of imidazole rings is 1. The fourth-order valence-electron chi connectivity index (χ4n) is 3.18. The number of aromatic carboxylic acids is 1. The van der Waals surface area contributed by atoms with Crippen molar-refractivity contribution in [1.29, 1.82) is 0 Å². The van der Waals surface area contributed by atoms with Crippen LogP contribution in [0.1, 0.15) is 29.5 Å². The molecule has 21 heavy (non-hydrogen) atoms. The second-order valence-corrected chi connectivity index (χ2v) is 8.03. The van der Waals surface area contributed by atoms with Crippen molar-refractivity contribution in [3.8, 4) is 0 Å². The summed E-state index contributed by atoms with van der Waals surface area (Å²) >= 11 is 0. The zero-order valence-electron chi connectivity index (χ0n) is 11.8. The Morgan fingerprint density at radius 2 is 2.14 bits per heavy atom. The van der Waals surface area contributed by atoms with Crippen LogP contribution in [0.2, 0.25) is 0 Å². The number of fused-ring (bicyclic) bond motifs is 1. The third kappa shape index (κ3) is 2.21. The van der Waals surface area contributed by atoms with E-state index in [1.807, 2.05) is 18.4 Å². The van der Waals surface area contributed by atoms with Crippen LogP contribution < -0.4 is 0 Å². The van der Waals surface area contributed by atoms with E-state index in [2.05, 4.69) is 4.98 Å². The van der Waals surface area contributed by atoms with Crippen LogP contribution in [0.15, 0.2) is 18.2 Å². The summed E-state index contributed by atoms with van der Waals surface area (Å²) in [5, 5.41) is 9.04. The van der Waals surface area contributed by atoms with Crippen molar-refractivity contribution in [1.82, 2.24) is 9.55 Å². The molecule has 6 nitrogen and oxygen atoms in total. The second kappa shape index (κ2) is 4.30. The normalized spacial score (nSPS) is 24.5. The van der Waals surface area contributed by atoms with E-state index in [4.69, 9.17) is 5.11 Å². The minimum absolute atomic E-state index is 0.0903. The van der Waals surface area contributed by atoms with Gasteiger partial charge in [0.05, 0.1) is 33.6 Å². The molecule has 1 aliphatic heterocycles. The van der Waals surface area contributed by atoms with Crippen LogP contribution in [0.4, 0.5) is 0 Å². The minimum atomic E-state index is -3.03. The third-order valence-electron chi connectivity index (χ3n) is 4.09. The summed E-state index contributed by atoms with van der Waals surface area (Å²) in [6.07, 6.45) is 0.544. The van der Waals surface area contributed by atoms with Crippen LogP contribution >= 0.6 is 0 Å². The molecule has 7 heteroatoms. The standard InChI is InChI=1S/C14H16N2O4S/c1-9-15-11-7-10(13(17)18)3-4-12(11)16(9)14(2)5-6-21(19,20)8-14/h3-4,7H,5-6,8H2,1-2H3,(H,17,18). The molecule has 1 saturated heterocycles. The van der Waals surface area contributed by atoms with Gasteiger partial charge in [0, 0.05) is 0 Å². The summed E-state index contributed by atoms with van der Waals surface area (Å²) in [4.78, 5) is 15.4. The van der Waals surface area contributed by atoms with Crippen molar-refractivity contribution in [3.05, 3.63) is 29.6 Å². The Bertz CT molecular complexity index is 853. The van der Waals surface area contributed by atoms with Gasteiger partial charge in [-0.3, -0.25) is 0 Å². The summed E-state index contributed by atoms with van der Waals surface area (Å²) in [7, 11) is -3.03. The third-order valence-corrected chi connectivity index (χ3v) is 5.98. The predicted molar refractivity (Wildman–Crippen MR) is 78.3 cm³/mol. The number of benzene rings is 1. The van der Waals surface area contributed by atoms with Gasteiger partial charge in [0.25, 0.3) is 0 Å². The molecular formula is C14H16N2O4S. The number of carboxylic acids is 1. The van der Waals surface area contributed by atoms with Gasteiger partial charge in [0.15, 0.2) is 9.84 Å². The Hall–Kier alpha value is -1.89. The molecule has 0 bridgehead atoms. The first-order valence-corrected chi connectivity index (χ1v) is 8.47. The molecular weight excluding hydrogens is 292 g/mol. The number of carbonyl (C=O) groups is 1. The average Bonchev–Trinajstić information content (AvgIpc) is 2.84. The molecule has 2 heterocycles. The summed E-state index contributed by atoms with van der Waals surface area (Å²) in [6.45, 7) is 3.73. The molecule has 0 spiro atoms. The molecule has 0 saturated carbocycles. The van der Waals surface area contributed by atoms with Gasteiger partial charge in [0.2, 0.25) is 0 Å². The van der Waals surface area contributed by atoms with Crippen LogP contribution in [0, 0.1) is 6.92 Å². The van der Waals surface area contributed by atoms with Crippen molar-refractivity contribution in [2.24, 2.45) is 0 Å². The Kier molecular flexibility index (Phi) is 2.88. The number of carboxylic acid groups (broad SMARTS) is 1. The summed E-state index contributed by atoms with van der Waals surface area (Å²) in [6, 6.07) is 4.75. The van der Waals surface area contributed by atoms with E-state index in [0.29, 0.717) is 17.8 Å². The lowest BCUT2D eigenvalue weighted by molar-refractivity contribution is 0.0697. The van der Waals surface area contributed by atoms with E-state index in [-0.39, 0.29) is 17.1 Å². The van der Waals surface area contributed by atoms with Crippen molar-refractivity contribution < 1.29 is 18.3 Å². The zero-order chi connectivity index (χ0) is 15.4. The van der Waals surface area contributed by atoms with E-state index < -0.39 is 21.3 Å². The zero-order valence-corrected chi connectivity index (χ0v) is 12.6. The number of aromatic nitrogens is 2. The Labute approximate surface area is 122 Å². The topological polar surface area (TPSA) is 89.3 Å². The van der Waals surface area contributed by atoms with Crippen LogP contribution in [0.5, 0.6) is 0 Å². The van der Waals surface area contributed by atoms with Gasteiger partial charge in [-0.05, 0) is 38.5 Å². The Morgan fingerprint density at radius 3 is 2.71 bits per heavy atom. The highest BCUT2D eigenvalue weighted by Crippen LogP contribution is 2.35. The highest BCUT2D eigenvalue weighted by molar-refractivity contribution is 7.91. The highest BCUT2D eigenvalue weighted by atomic mass is 32.2. The van der Waals surface area contributed by atoms with E-state index in [9.17, 15) is 13.2 Å². The molecule has 1 N–H and O–H groups in total. The molecule has 112 valence electrons. The number of aryl methyl sites for hydroxylation is 1. The van der Waals surface area contributed by atoms with Crippen LogP contribution in [0.25, 0.3) is 11.0 Å². The van der Waals surface area contributed by atoms with Crippen molar-refractivity contribution in [2.75, 3.05) is 11.5 Å². The number of nitrogens with zero attached hydrogens (tertiary/aromatic N) is 2. The first kappa shape index (κ1) is 14.1. The molecule has 1 atom stereocenters. The number of hydrogen-bond donors (Lipinski definition) is 1. The van der Waals surface area contributed by atoms with E-state index in [1.54, 1.807) is 6.07 Å². The summed E-state index contributed by atoms with van der Waals surface area (Å²) < 4.78 is 25.6. The molecule has 1 aliphatic rings. The number of hydrogen-bond acceptors (Lipinski definition) is 4. The molecule has 1 aromatic carbocycles. The van der Waals surface area contributed by atoms with Crippen molar-refractivity contribution in [3.63, 3.8) is 0 Å². The van der Waals surface area contributed by atoms with Crippen molar-refractivity contribution >= 4 is 26.8 Å². The number of rotatable bonds is 2. The Morgan fingerprint density at radius 1 is 1.43 bits per heavy atom. The molecule has 3 rings (SSSR count). The highest BCUT2D eigenvalue weighted by Gasteiger charge is 2.41. The lowest BCUT2D eigenvalue weighted by Gasteiger charge is -2.26. The molecule has 0 radical (unpaired) electrons. The van der Waals surface area contributed by atoms with Gasteiger partial charge in [-0.25, -0.2) is 18.2 Å². The monoisotopic (exact) mass is 308 g/mol. The molecule has 0 amide bonds. The smallest absolute Gasteiger partial charge is 0.335 e. The van der Waals surface area contributed by atoms with E-state index in [1.165, 1.54) is 12.1 Å². The van der Waals surface area contributed by atoms with Gasteiger partial charge in [-0.15, -0.1) is 0 Å². The summed E-state index contributed by atoms with van der Waals surface area (Å²) in [5.41, 5.74) is 1.01. The fourth-order valence-corrected chi connectivity index (χ4v) is 5.30. The second-order valence-electron chi connectivity index (χ2n) is 5.84. The van der Waals surface area contributed by atoms with Crippen LogP contribution in [-0.2, 0) is 15.4 Å². The lowest BCUT2D eigenvalue weighted by atomic mass is 10.0. The molecule has 1 unspecified atom stereocenters.